The smallest absolute Gasteiger partial charge is 0.233 e. The molecule has 3 aromatic heterocycles. The van der Waals surface area contributed by atoms with Crippen LogP contribution in [0.15, 0.2) is 35.2 Å². The van der Waals surface area contributed by atoms with E-state index in [2.05, 4.69) is 26.9 Å². The number of ketones is 1. The van der Waals surface area contributed by atoms with Crippen molar-refractivity contribution in [1.29, 1.82) is 0 Å². The zero-order valence-corrected chi connectivity index (χ0v) is 15.4. The lowest BCUT2D eigenvalue weighted by molar-refractivity contribution is 0.0945. The summed E-state index contributed by atoms with van der Waals surface area (Å²) >= 11 is 0. The monoisotopic (exact) mass is 365 g/mol. The zero-order valence-electron chi connectivity index (χ0n) is 15.4. The number of carbonyl (C=O) groups is 1. The molecule has 1 aliphatic carbocycles. The summed E-state index contributed by atoms with van der Waals surface area (Å²) < 4.78 is 7.36. The highest BCUT2D eigenvalue weighted by atomic mass is 16.5. The fraction of sp³-hybridized carbons (Fsp3) is 0.500. The molecule has 0 radical (unpaired) electrons. The molecular formula is C20H23N5O2. The average molecular weight is 365 g/mol. The molecule has 27 heavy (non-hydrogen) atoms. The number of rotatable bonds is 6. The van der Waals surface area contributed by atoms with Gasteiger partial charge >= 0.3 is 0 Å². The fourth-order valence-electron chi connectivity index (χ4n) is 4.08. The van der Waals surface area contributed by atoms with Crippen LogP contribution in [0.3, 0.4) is 0 Å². The fourth-order valence-corrected chi connectivity index (χ4v) is 4.08. The van der Waals surface area contributed by atoms with Gasteiger partial charge in [-0.3, -0.25) is 14.1 Å². The van der Waals surface area contributed by atoms with E-state index in [0.717, 1.165) is 49.7 Å². The Balaban J connectivity index is 1.23. The quantitative estimate of drug-likeness (QED) is 0.625. The topological polar surface area (TPSA) is 76.5 Å². The van der Waals surface area contributed by atoms with Crippen molar-refractivity contribution >= 4 is 11.6 Å². The standard InChI is InChI=1S/C20H23N5O2/c1-13-10-24(12-16-9-22-20-21-5-2-6-25(16)20)11-15(13)7-18(26)17-8-19(27-23-17)14-3-4-14/h2,5-6,8-9,13-15H,3-4,7,10-12H2,1H3/t13-,15+/m0/s1. The molecule has 140 valence electrons. The molecule has 4 heterocycles. The Morgan fingerprint density at radius 1 is 1.30 bits per heavy atom. The normalized spacial score (nSPS) is 23.3. The first kappa shape index (κ1) is 16.6. The molecule has 7 nitrogen and oxygen atoms in total. The van der Waals surface area contributed by atoms with Crippen LogP contribution in [0.5, 0.6) is 0 Å². The second kappa shape index (κ2) is 6.56. The van der Waals surface area contributed by atoms with E-state index in [1.807, 2.05) is 28.9 Å². The van der Waals surface area contributed by atoms with E-state index in [4.69, 9.17) is 4.52 Å². The maximum atomic E-state index is 12.6. The third-order valence-electron chi connectivity index (χ3n) is 5.84. The van der Waals surface area contributed by atoms with Gasteiger partial charge < -0.3 is 4.52 Å². The summed E-state index contributed by atoms with van der Waals surface area (Å²) in [6.07, 6.45) is 8.47. The molecule has 1 saturated carbocycles. The lowest BCUT2D eigenvalue weighted by Crippen LogP contribution is -2.21. The van der Waals surface area contributed by atoms with E-state index >= 15 is 0 Å². The number of hydrogen-bond acceptors (Lipinski definition) is 6. The predicted molar refractivity (Wildman–Crippen MR) is 98.3 cm³/mol. The number of likely N-dealkylation sites (tertiary alicyclic amines) is 1. The minimum Gasteiger partial charge on any atom is -0.360 e. The van der Waals surface area contributed by atoms with Crippen LogP contribution in [-0.2, 0) is 6.54 Å². The van der Waals surface area contributed by atoms with Gasteiger partial charge in [-0.15, -0.1) is 0 Å². The van der Waals surface area contributed by atoms with Crippen LogP contribution in [0, 0.1) is 11.8 Å². The Labute approximate surface area is 157 Å². The second-order valence-electron chi connectivity index (χ2n) is 7.99. The number of aromatic nitrogens is 4. The summed E-state index contributed by atoms with van der Waals surface area (Å²) in [5.41, 5.74) is 1.62. The molecule has 0 N–H and O–H groups in total. The molecule has 2 fully saturated rings. The van der Waals surface area contributed by atoms with Crippen molar-refractivity contribution in [1.82, 2.24) is 24.4 Å². The Kier molecular flexibility index (Phi) is 4.04. The van der Waals surface area contributed by atoms with Gasteiger partial charge in [0.2, 0.25) is 5.78 Å². The van der Waals surface area contributed by atoms with Gasteiger partial charge in [-0.25, -0.2) is 9.97 Å². The van der Waals surface area contributed by atoms with E-state index in [0.29, 0.717) is 29.9 Å². The number of Topliss-reactive ketones (excluding diaryl/α,β-unsaturated/α-hetero) is 1. The van der Waals surface area contributed by atoms with Crippen LogP contribution in [0.2, 0.25) is 0 Å². The summed E-state index contributed by atoms with van der Waals surface area (Å²) in [6, 6.07) is 3.77. The molecule has 7 heteroatoms. The van der Waals surface area contributed by atoms with Crippen molar-refractivity contribution < 1.29 is 9.32 Å². The highest BCUT2D eigenvalue weighted by Gasteiger charge is 2.33. The minimum atomic E-state index is 0.100. The Hall–Kier alpha value is -2.54. The summed E-state index contributed by atoms with van der Waals surface area (Å²) in [7, 11) is 0. The van der Waals surface area contributed by atoms with Crippen molar-refractivity contribution in [2.24, 2.45) is 11.8 Å². The van der Waals surface area contributed by atoms with Crippen LogP contribution < -0.4 is 0 Å². The average Bonchev–Trinajstić information content (AvgIpc) is 3.11. The molecular weight excluding hydrogens is 342 g/mol. The van der Waals surface area contributed by atoms with Gasteiger partial charge in [0.1, 0.15) is 11.5 Å². The van der Waals surface area contributed by atoms with Crippen molar-refractivity contribution in [2.75, 3.05) is 13.1 Å². The maximum Gasteiger partial charge on any atom is 0.233 e. The lowest BCUT2D eigenvalue weighted by atomic mass is 9.92. The SMILES string of the molecule is C[C@H]1CN(Cc2cnc3ncccn23)C[C@H]1CC(=O)c1cc(C2CC2)on1. The minimum absolute atomic E-state index is 0.100. The van der Waals surface area contributed by atoms with E-state index in [1.165, 1.54) is 0 Å². The van der Waals surface area contributed by atoms with Gasteiger partial charge in [-0.2, -0.15) is 0 Å². The maximum absolute atomic E-state index is 12.6. The largest absolute Gasteiger partial charge is 0.360 e. The van der Waals surface area contributed by atoms with E-state index in [-0.39, 0.29) is 5.78 Å². The molecule has 1 aliphatic heterocycles. The number of fused-ring (bicyclic) bond motifs is 1. The molecule has 1 saturated heterocycles. The van der Waals surface area contributed by atoms with Gasteiger partial charge in [0.15, 0.2) is 5.78 Å². The summed E-state index contributed by atoms with van der Waals surface area (Å²) in [4.78, 5) is 23.7. The molecule has 3 aromatic rings. The second-order valence-corrected chi connectivity index (χ2v) is 7.99. The van der Waals surface area contributed by atoms with Crippen LogP contribution in [0.1, 0.15) is 54.0 Å². The molecule has 2 aliphatic rings. The number of imidazole rings is 1. The number of carbonyl (C=O) groups excluding carboxylic acids is 1. The first-order valence-electron chi connectivity index (χ1n) is 9.66. The van der Waals surface area contributed by atoms with Crippen molar-refractivity contribution in [3.05, 3.63) is 47.9 Å². The summed E-state index contributed by atoms with van der Waals surface area (Å²) in [6.45, 7) is 4.94. The lowest BCUT2D eigenvalue weighted by Gasteiger charge is -2.15. The molecule has 0 spiro atoms. The first-order valence-corrected chi connectivity index (χ1v) is 9.66. The third-order valence-corrected chi connectivity index (χ3v) is 5.84. The Morgan fingerprint density at radius 3 is 3.04 bits per heavy atom. The van der Waals surface area contributed by atoms with Crippen LogP contribution in [0.4, 0.5) is 0 Å². The number of nitrogens with zero attached hydrogens (tertiary/aromatic N) is 5. The van der Waals surface area contributed by atoms with Gasteiger partial charge in [-0.1, -0.05) is 12.1 Å². The van der Waals surface area contributed by atoms with Gasteiger partial charge in [0.25, 0.3) is 0 Å². The molecule has 0 amide bonds. The zero-order chi connectivity index (χ0) is 18.4. The van der Waals surface area contributed by atoms with E-state index in [1.54, 1.807) is 6.20 Å². The first-order chi connectivity index (χ1) is 13.2. The molecule has 5 rings (SSSR count). The molecule has 0 unspecified atom stereocenters. The third kappa shape index (κ3) is 3.27. The van der Waals surface area contributed by atoms with E-state index < -0.39 is 0 Å². The van der Waals surface area contributed by atoms with Gasteiger partial charge in [0, 0.05) is 50.4 Å². The molecule has 0 bridgehead atoms. The molecule has 0 aromatic carbocycles. The van der Waals surface area contributed by atoms with Gasteiger partial charge in [0.05, 0.1) is 11.9 Å². The van der Waals surface area contributed by atoms with Crippen LogP contribution >= 0.6 is 0 Å². The van der Waals surface area contributed by atoms with Crippen molar-refractivity contribution in [2.45, 2.75) is 38.6 Å². The number of hydrogen-bond donors (Lipinski definition) is 0. The summed E-state index contributed by atoms with van der Waals surface area (Å²) in [5, 5.41) is 4.00. The van der Waals surface area contributed by atoms with Crippen molar-refractivity contribution in [3.63, 3.8) is 0 Å². The van der Waals surface area contributed by atoms with Crippen LogP contribution in [-0.4, -0.2) is 43.3 Å². The predicted octanol–water partition coefficient (Wildman–Crippen LogP) is 2.94. The molecule has 2 atom stereocenters. The Bertz CT molecular complexity index is 974. The summed E-state index contributed by atoms with van der Waals surface area (Å²) in [5.74, 6) is 3.00. The van der Waals surface area contributed by atoms with Crippen molar-refractivity contribution in [3.8, 4) is 0 Å². The Morgan fingerprint density at radius 2 is 2.19 bits per heavy atom. The highest BCUT2D eigenvalue weighted by Crippen LogP contribution is 2.40. The van der Waals surface area contributed by atoms with Gasteiger partial charge in [-0.05, 0) is 30.7 Å². The van der Waals surface area contributed by atoms with Crippen LogP contribution in [0.25, 0.3) is 5.78 Å². The highest BCUT2D eigenvalue weighted by molar-refractivity contribution is 5.94. The van der Waals surface area contributed by atoms with E-state index in [9.17, 15) is 4.79 Å².